The van der Waals surface area contributed by atoms with Gasteiger partial charge in [-0.3, -0.25) is 4.79 Å². The summed E-state index contributed by atoms with van der Waals surface area (Å²) in [6, 6.07) is -0.656. The summed E-state index contributed by atoms with van der Waals surface area (Å²) in [6.45, 7) is 3.90. The number of hydrogen-bond donors (Lipinski definition) is 3. The topological polar surface area (TPSA) is 81.0 Å². The molecule has 1 atom stereocenters. The molecule has 0 aliphatic carbocycles. The van der Waals surface area contributed by atoms with Crippen molar-refractivity contribution in [3.8, 4) is 0 Å². The monoisotopic (exact) mass is 289 g/mol. The van der Waals surface area contributed by atoms with Gasteiger partial charge >= 0.3 is 13.7 Å². The number of carbonyl (C=O) groups is 1. The van der Waals surface area contributed by atoms with Crippen LogP contribution in [0.5, 0.6) is 0 Å². The first-order valence-electron chi connectivity index (χ1n) is 3.92. The molecule has 84 valence electrons. The van der Waals surface area contributed by atoms with Gasteiger partial charge in [-0.05, 0) is 24.1 Å². The Morgan fingerprint density at radius 1 is 1.57 bits per heavy atom. The Hall–Kier alpha value is 0.185. The van der Waals surface area contributed by atoms with E-state index in [1.165, 1.54) is 0 Å². The zero-order chi connectivity index (χ0) is 11.7. The van der Waals surface area contributed by atoms with Gasteiger partial charge in [-0.2, -0.15) is 0 Å². The molecule has 0 aromatic rings. The molecule has 0 amide bonds. The summed E-state index contributed by atoms with van der Waals surface area (Å²) in [4.78, 5) is 10.5. The van der Waals surface area contributed by atoms with Crippen molar-refractivity contribution in [2.75, 3.05) is 0 Å². The van der Waals surface area contributed by atoms with Gasteiger partial charge in [-0.25, -0.2) is 0 Å². The molecule has 0 spiro atoms. The highest BCUT2D eigenvalue weighted by Crippen LogP contribution is 2.17. The minimum atomic E-state index is -0.912. The summed E-state index contributed by atoms with van der Waals surface area (Å²) in [5.41, 5.74) is 0. The van der Waals surface area contributed by atoms with Crippen LogP contribution in [0.15, 0.2) is 0 Å². The highest BCUT2D eigenvalue weighted by molar-refractivity contribution is 9.08. The molecular formula is C6H14BBrClNO4. The van der Waals surface area contributed by atoms with Gasteiger partial charge in [0, 0.05) is 16.1 Å². The van der Waals surface area contributed by atoms with E-state index in [1.54, 1.807) is 0 Å². The van der Waals surface area contributed by atoms with E-state index >= 15 is 0 Å². The summed E-state index contributed by atoms with van der Waals surface area (Å²) in [7, 11) is -0.750. The van der Waals surface area contributed by atoms with Crippen molar-refractivity contribution in [3.05, 3.63) is 0 Å². The van der Waals surface area contributed by atoms with Crippen molar-refractivity contribution in [2.45, 2.75) is 26.3 Å². The first kappa shape index (κ1) is 16.6. The van der Waals surface area contributed by atoms with Gasteiger partial charge in [0.25, 0.3) is 0 Å². The second-order valence-corrected chi connectivity index (χ2v) is 4.42. The van der Waals surface area contributed by atoms with Crippen molar-refractivity contribution in [2.24, 2.45) is 5.92 Å². The van der Waals surface area contributed by atoms with E-state index in [2.05, 4.69) is 16.1 Å². The summed E-state index contributed by atoms with van der Waals surface area (Å²) >= 11 is 8.34. The van der Waals surface area contributed by atoms with Crippen LogP contribution in [-0.4, -0.2) is 38.3 Å². The normalized spacial score (nSPS) is 12.0. The van der Waals surface area contributed by atoms with Crippen LogP contribution in [0.4, 0.5) is 0 Å². The van der Waals surface area contributed by atoms with E-state index in [-0.39, 0.29) is 0 Å². The Labute approximate surface area is 97.4 Å². The molecule has 0 aliphatic rings. The summed E-state index contributed by atoms with van der Waals surface area (Å²) in [6.07, 6.45) is 0.532. The molecule has 0 rings (SSSR count). The minimum Gasteiger partial charge on any atom is -0.480 e. The van der Waals surface area contributed by atoms with Crippen molar-refractivity contribution < 1.29 is 19.9 Å². The Morgan fingerprint density at radius 2 is 1.93 bits per heavy atom. The van der Waals surface area contributed by atoms with Crippen molar-refractivity contribution in [1.82, 2.24) is 3.45 Å². The van der Waals surface area contributed by atoms with Gasteiger partial charge in [0.1, 0.15) is 6.04 Å². The third-order valence-electron chi connectivity index (χ3n) is 1.22. The summed E-state index contributed by atoms with van der Waals surface area (Å²) < 4.78 is 1.02. The molecule has 0 unspecified atom stereocenters. The zero-order valence-electron chi connectivity index (χ0n) is 8.02. The molecule has 0 bridgehead atoms. The van der Waals surface area contributed by atoms with Crippen LogP contribution in [0, 0.1) is 5.92 Å². The summed E-state index contributed by atoms with van der Waals surface area (Å²) in [5.74, 6) is -0.597. The van der Waals surface area contributed by atoms with Crippen LogP contribution in [0.2, 0.25) is 0 Å². The van der Waals surface area contributed by atoms with Gasteiger partial charge in [-0.15, -0.1) is 3.45 Å². The fourth-order valence-electron chi connectivity index (χ4n) is 0.711. The Morgan fingerprint density at radius 3 is 2.00 bits per heavy atom. The maximum Gasteiger partial charge on any atom is 0.432 e. The molecule has 5 nitrogen and oxygen atoms in total. The van der Waals surface area contributed by atoms with Crippen LogP contribution in [0.3, 0.4) is 0 Å². The molecule has 0 saturated heterocycles. The average Bonchev–Trinajstić information content (AvgIpc) is 2.00. The molecule has 0 radical (unpaired) electrons. The second kappa shape index (κ2) is 9.73. The van der Waals surface area contributed by atoms with Crippen LogP contribution in [0.25, 0.3) is 0 Å². The molecule has 0 aromatic heterocycles. The van der Waals surface area contributed by atoms with Crippen LogP contribution in [0.1, 0.15) is 20.3 Å². The van der Waals surface area contributed by atoms with E-state index in [9.17, 15) is 4.79 Å². The minimum absolute atomic E-state index is 0.315. The van der Waals surface area contributed by atoms with Gasteiger partial charge < -0.3 is 15.2 Å². The fourth-order valence-corrected chi connectivity index (χ4v) is 1.22. The third kappa shape index (κ3) is 10.3. The Balaban J connectivity index is 0. The van der Waals surface area contributed by atoms with Crippen molar-refractivity contribution in [3.63, 3.8) is 0 Å². The SMILES string of the molecule is CC(C)C[C@@H](C(=O)O)N(Cl)Br.OBO. The lowest BCUT2D eigenvalue weighted by molar-refractivity contribution is -0.140. The Kier molecular flexibility index (Phi) is 11.5. The standard InChI is InChI=1S/C6H11BrClNO2.BH3O2/c1-4(2)3-5(6(10)11)9(7)8;2-1-3/h4-5H,3H2,1-2H3,(H,10,11);1-3H/t5-;/m0./s1. The maximum atomic E-state index is 10.5. The molecule has 14 heavy (non-hydrogen) atoms. The molecule has 3 N–H and O–H groups in total. The molecule has 0 aliphatic heterocycles. The van der Waals surface area contributed by atoms with E-state index in [1.807, 2.05) is 13.8 Å². The largest absolute Gasteiger partial charge is 0.480 e. The first-order valence-corrected chi connectivity index (χ1v) is 4.96. The van der Waals surface area contributed by atoms with Gasteiger partial charge in [0.05, 0.1) is 0 Å². The number of carboxylic acids is 1. The van der Waals surface area contributed by atoms with E-state index < -0.39 is 19.7 Å². The number of halogens is 2. The molecule has 0 saturated carbocycles. The van der Waals surface area contributed by atoms with Crippen molar-refractivity contribution in [1.29, 1.82) is 0 Å². The highest BCUT2D eigenvalue weighted by Gasteiger charge is 2.23. The number of carboxylic acid groups (broad SMARTS) is 1. The van der Waals surface area contributed by atoms with Crippen LogP contribution >= 0.6 is 27.9 Å². The number of nitrogens with zero attached hydrogens (tertiary/aromatic N) is 1. The average molecular weight is 290 g/mol. The fraction of sp³-hybridized carbons (Fsp3) is 0.833. The van der Waals surface area contributed by atoms with Gasteiger partial charge in [0.15, 0.2) is 0 Å². The number of hydrogen-bond acceptors (Lipinski definition) is 4. The van der Waals surface area contributed by atoms with E-state index in [0.717, 1.165) is 3.45 Å². The highest BCUT2D eigenvalue weighted by atomic mass is 79.9. The number of aliphatic carboxylic acids is 1. The second-order valence-electron chi connectivity index (χ2n) is 2.88. The molecular weight excluding hydrogens is 276 g/mol. The van der Waals surface area contributed by atoms with Gasteiger partial charge in [0.2, 0.25) is 0 Å². The quantitative estimate of drug-likeness (QED) is 0.518. The third-order valence-corrected chi connectivity index (χ3v) is 1.95. The smallest absolute Gasteiger partial charge is 0.432 e. The maximum absolute atomic E-state index is 10.5. The lowest BCUT2D eigenvalue weighted by Crippen LogP contribution is -2.30. The lowest BCUT2D eigenvalue weighted by atomic mass is 10.1. The predicted molar refractivity (Wildman–Crippen MR) is 59.1 cm³/mol. The van der Waals surface area contributed by atoms with Crippen molar-refractivity contribution >= 4 is 41.6 Å². The molecule has 0 fully saturated rings. The molecule has 0 aromatic carbocycles. The number of rotatable bonds is 4. The van der Waals surface area contributed by atoms with Crippen LogP contribution in [-0.2, 0) is 4.79 Å². The predicted octanol–water partition coefficient (Wildman–Crippen LogP) is 0.489. The molecule has 0 heterocycles. The van der Waals surface area contributed by atoms with E-state index in [0.29, 0.717) is 12.3 Å². The zero-order valence-corrected chi connectivity index (χ0v) is 10.4. The Bertz CT molecular complexity index is 161. The lowest BCUT2D eigenvalue weighted by Gasteiger charge is -2.16. The van der Waals surface area contributed by atoms with Gasteiger partial charge in [-0.1, -0.05) is 13.8 Å². The summed E-state index contributed by atoms with van der Waals surface area (Å²) in [5, 5.41) is 22.9. The molecule has 8 heteroatoms. The van der Waals surface area contributed by atoms with Crippen LogP contribution < -0.4 is 0 Å². The van der Waals surface area contributed by atoms with E-state index in [4.69, 9.17) is 26.9 Å². The first-order chi connectivity index (χ1) is 6.36.